The lowest BCUT2D eigenvalue weighted by Crippen LogP contribution is -2.28. The Morgan fingerprint density at radius 2 is 1.68 bits per heavy atom. The summed E-state index contributed by atoms with van der Waals surface area (Å²) >= 11 is 0. The van der Waals surface area contributed by atoms with Crippen molar-refractivity contribution >= 4 is 11.7 Å². The largest absolute Gasteiger partial charge is 0.493 e. The van der Waals surface area contributed by atoms with E-state index in [1.165, 1.54) is 0 Å². The molecule has 0 aliphatic rings. The maximum atomic E-state index is 12.0. The monoisotopic (exact) mass is 344 g/mol. The molecule has 0 aromatic heterocycles. The van der Waals surface area contributed by atoms with E-state index in [9.17, 15) is 4.79 Å². The van der Waals surface area contributed by atoms with Crippen LogP contribution in [-0.4, -0.2) is 26.4 Å². The average Bonchev–Trinajstić information content (AvgIpc) is 2.61. The van der Waals surface area contributed by atoms with Gasteiger partial charge < -0.3 is 24.8 Å². The number of rotatable bonds is 7. The minimum absolute atomic E-state index is 0.114. The molecule has 25 heavy (non-hydrogen) atoms. The van der Waals surface area contributed by atoms with Crippen LogP contribution in [-0.2, 0) is 6.54 Å². The average molecular weight is 344 g/mol. The molecule has 0 heterocycles. The van der Waals surface area contributed by atoms with Crippen molar-refractivity contribution in [3.63, 3.8) is 0 Å². The van der Waals surface area contributed by atoms with Crippen LogP contribution >= 0.6 is 0 Å². The number of carbonyl (C=O) groups is 1. The second-order valence-corrected chi connectivity index (χ2v) is 5.69. The standard InChI is InChI=1S/C19H24N2O4/c1-13(2)25-16-8-6-15(7-9-16)21-19(22)20-12-14-5-10-17(23-3)18(11-14)24-4/h5-11,13H,12H2,1-4H3,(H2,20,21,22). The minimum Gasteiger partial charge on any atom is -0.493 e. The summed E-state index contributed by atoms with van der Waals surface area (Å²) in [5.41, 5.74) is 1.61. The smallest absolute Gasteiger partial charge is 0.319 e. The van der Waals surface area contributed by atoms with Crippen LogP contribution in [0.3, 0.4) is 0 Å². The van der Waals surface area contributed by atoms with Crippen molar-refractivity contribution < 1.29 is 19.0 Å². The summed E-state index contributed by atoms with van der Waals surface area (Å²) in [6.07, 6.45) is 0.114. The molecule has 2 N–H and O–H groups in total. The highest BCUT2D eigenvalue weighted by atomic mass is 16.5. The molecule has 0 aliphatic carbocycles. The summed E-state index contributed by atoms with van der Waals surface area (Å²) < 4.78 is 16.0. The lowest BCUT2D eigenvalue weighted by atomic mass is 10.2. The first kappa shape index (κ1) is 18.4. The molecule has 6 heteroatoms. The van der Waals surface area contributed by atoms with Gasteiger partial charge in [0.05, 0.1) is 20.3 Å². The predicted molar refractivity (Wildman–Crippen MR) is 97.6 cm³/mol. The zero-order valence-electron chi connectivity index (χ0n) is 15.0. The van der Waals surface area contributed by atoms with Gasteiger partial charge in [-0.2, -0.15) is 0 Å². The fourth-order valence-electron chi connectivity index (χ4n) is 2.24. The molecule has 0 atom stereocenters. The highest BCUT2D eigenvalue weighted by Gasteiger charge is 2.07. The van der Waals surface area contributed by atoms with Crippen LogP contribution in [0.2, 0.25) is 0 Å². The number of anilines is 1. The lowest BCUT2D eigenvalue weighted by molar-refractivity contribution is 0.242. The topological polar surface area (TPSA) is 68.8 Å². The van der Waals surface area contributed by atoms with Gasteiger partial charge >= 0.3 is 6.03 Å². The third-order valence-corrected chi connectivity index (χ3v) is 3.38. The number of carbonyl (C=O) groups excluding carboxylic acids is 1. The summed E-state index contributed by atoms with van der Waals surface area (Å²) in [4.78, 5) is 12.0. The Kier molecular flexibility index (Phi) is 6.51. The van der Waals surface area contributed by atoms with Crippen molar-refractivity contribution in [2.24, 2.45) is 0 Å². The SMILES string of the molecule is COc1ccc(CNC(=O)Nc2ccc(OC(C)C)cc2)cc1OC. The van der Waals surface area contributed by atoms with Gasteiger partial charge in [-0.15, -0.1) is 0 Å². The molecule has 0 bridgehead atoms. The molecule has 0 aliphatic heterocycles. The van der Waals surface area contributed by atoms with E-state index in [1.807, 2.05) is 38.1 Å². The van der Waals surface area contributed by atoms with Crippen LogP contribution in [0.25, 0.3) is 0 Å². The van der Waals surface area contributed by atoms with Gasteiger partial charge in [0.1, 0.15) is 5.75 Å². The van der Waals surface area contributed by atoms with Gasteiger partial charge in [-0.3, -0.25) is 0 Å². The van der Waals surface area contributed by atoms with Crippen molar-refractivity contribution in [2.75, 3.05) is 19.5 Å². The maximum absolute atomic E-state index is 12.0. The van der Waals surface area contributed by atoms with Gasteiger partial charge in [0.15, 0.2) is 11.5 Å². The van der Waals surface area contributed by atoms with Crippen LogP contribution in [0.5, 0.6) is 17.2 Å². The van der Waals surface area contributed by atoms with E-state index in [-0.39, 0.29) is 12.1 Å². The van der Waals surface area contributed by atoms with Gasteiger partial charge in [-0.05, 0) is 55.8 Å². The third-order valence-electron chi connectivity index (χ3n) is 3.38. The van der Waals surface area contributed by atoms with E-state index in [0.29, 0.717) is 23.7 Å². The second-order valence-electron chi connectivity index (χ2n) is 5.69. The van der Waals surface area contributed by atoms with Gasteiger partial charge in [0.25, 0.3) is 0 Å². The van der Waals surface area contributed by atoms with E-state index in [0.717, 1.165) is 11.3 Å². The number of amides is 2. The van der Waals surface area contributed by atoms with Gasteiger partial charge in [-0.25, -0.2) is 4.79 Å². The van der Waals surface area contributed by atoms with Crippen molar-refractivity contribution in [3.05, 3.63) is 48.0 Å². The Balaban J connectivity index is 1.88. The molecule has 134 valence electrons. The number of hydrogen-bond acceptors (Lipinski definition) is 4. The Bertz CT molecular complexity index is 699. The number of ether oxygens (including phenoxy) is 3. The lowest BCUT2D eigenvalue weighted by Gasteiger charge is -2.12. The molecule has 0 saturated heterocycles. The fraction of sp³-hybridized carbons (Fsp3) is 0.316. The molecule has 0 saturated carbocycles. The molecule has 0 spiro atoms. The molecular weight excluding hydrogens is 320 g/mol. The predicted octanol–water partition coefficient (Wildman–Crippen LogP) is 3.81. The van der Waals surface area contributed by atoms with Gasteiger partial charge in [0, 0.05) is 12.2 Å². The van der Waals surface area contributed by atoms with Crippen LogP contribution in [0, 0.1) is 0 Å². The molecule has 0 radical (unpaired) electrons. The quantitative estimate of drug-likeness (QED) is 0.801. The number of methoxy groups -OCH3 is 2. The normalized spacial score (nSPS) is 10.3. The molecular formula is C19H24N2O4. The van der Waals surface area contributed by atoms with Crippen molar-refractivity contribution in [3.8, 4) is 17.2 Å². The van der Waals surface area contributed by atoms with Crippen LogP contribution < -0.4 is 24.8 Å². The van der Waals surface area contributed by atoms with E-state index in [1.54, 1.807) is 32.4 Å². The Labute approximate surface area is 148 Å². The molecule has 0 fully saturated rings. The molecule has 0 unspecified atom stereocenters. The van der Waals surface area contributed by atoms with Crippen LogP contribution in [0.1, 0.15) is 19.4 Å². The maximum Gasteiger partial charge on any atom is 0.319 e. The summed E-state index contributed by atoms with van der Waals surface area (Å²) in [5.74, 6) is 2.05. The molecule has 2 aromatic rings. The number of urea groups is 1. The first-order valence-electron chi connectivity index (χ1n) is 8.04. The second kappa shape index (κ2) is 8.82. The van der Waals surface area contributed by atoms with E-state index in [2.05, 4.69) is 10.6 Å². The third kappa shape index (κ3) is 5.60. The zero-order chi connectivity index (χ0) is 18.2. The van der Waals surface area contributed by atoms with E-state index < -0.39 is 0 Å². The van der Waals surface area contributed by atoms with Gasteiger partial charge in [-0.1, -0.05) is 6.07 Å². The highest BCUT2D eigenvalue weighted by molar-refractivity contribution is 5.89. The van der Waals surface area contributed by atoms with Crippen molar-refractivity contribution in [1.29, 1.82) is 0 Å². The number of hydrogen-bond donors (Lipinski definition) is 2. The molecule has 2 aromatic carbocycles. The van der Waals surface area contributed by atoms with Crippen molar-refractivity contribution in [2.45, 2.75) is 26.5 Å². The Hall–Kier alpha value is -2.89. The first-order valence-corrected chi connectivity index (χ1v) is 8.04. The Morgan fingerprint density at radius 1 is 1.00 bits per heavy atom. The van der Waals surface area contributed by atoms with E-state index in [4.69, 9.17) is 14.2 Å². The summed E-state index contributed by atoms with van der Waals surface area (Å²) in [6, 6.07) is 12.5. The highest BCUT2D eigenvalue weighted by Crippen LogP contribution is 2.27. The summed E-state index contributed by atoms with van der Waals surface area (Å²) in [6.45, 7) is 4.31. The summed E-state index contributed by atoms with van der Waals surface area (Å²) in [5, 5.41) is 5.59. The molecule has 2 rings (SSSR count). The Morgan fingerprint density at radius 3 is 2.28 bits per heavy atom. The molecule has 2 amide bonds. The van der Waals surface area contributed by atoms with E-state index >= 15 is 0 Å². The molecule has 6 nitrogen and oxygen atoms in total. The number of nitrogens with one attached hydrogen (secondary N) is 2. The van der Waals surface area contributed by atoms with Gasteiger partial charge in [0.2, 0.25) is 0 Å². The number of benzene rings is 2. The zero-order valence-corrected chi connectivity index (χ0v) is 15.0. The fourth-order valence-corrected chi connectivity index (χ4v) is 2.24. The minimum atomic E-state index is -0.285. The first-order chi connectivity index (χ1) is 12.0. The summed E-state index contributed by atoms with van der Waals surface area (Å²) in [7, 11) is 3.16. The van der Waals surface area contributed by atoms with Crippen LogP contribution in [0.4, 0.5) is 10.5 Å². The van der Waals surface area contributed by atoms with Crippen LogP contribution in [0.15, 0.2) is 42.5 Å². The van der Waals surface area contributed by atoms with Crippen molar-refractivity contribution in [1.82, 2.24) is 5.32 Å².